The van der Waals surface area contributed by atoms with E-state index < -0.39 is 6.23 Å². The molecule has 1 unspecified atom stereocenters. The maximum absolute atomic E-state index is 9.51. The molecule has 0 aromatic rings. The zero-order chi connectivity index (χ0) is 7.94. The molecule has 1 N–H and O–H groups in total. The Balaban J connectivity index is 2.81. The second-order valence-corrected chi connectivity index (χ2v) is 5.24. The highest BCUT2D eigenvalue weighted by atomic mass is 32.2. The molecule has 0 radical (unpaired) electrons. The minimum absolute atomic E-state index is 0.147. The summed E-state index contributed by atoms with van der Waals surface area (Å²) < 4.78 is 0.628. The van der Waals surface area contributed by atoms with Crippen LogP contribution in [0.3, 0.4) is 0 Å². The van der Waals surface area contributed by atoms with E-state index in [-0.39, 0.29) is 4.75 Å². The summed E-state index contributed by atoms with van der Waals surface area (Å²) in [6.07, 6.45) is -0.440. The van der Waals surface area contributed by atoms with Crippen LogP contribution in [0.1, 0.15) is 13.8 Å². The van der Waals surface area contributed by atoms with Gasteiger partial charge in [-0.1, -0.05) is 24.0 Å². The lowest BCUT2D eigenvalue weighted by Crippen LogP contribution is -2.37. The number of hydrogen-bond acceptors (Lipinski definition) is 3. The van der Waals surface area contributed by atoms with Crippen molar-refractivity contribution in [3.63, 3.8) is 0 Å². The van der Waals surface area contributed by atoms with Gasteiger partial charge in [0.25, 0.3) is 0 Å². The van der Waals surface area contributed by atoms with Gasteiger partial charge < -0.3 is 10.0 Å². The van der Waals surface area contributed by atoms with Gasteiger partial charge in [0, 0.05) is 7.05 Å². The monoisotopic (exact) mass is 177 g/mol. The van der Waals surface area contributed by atoms with Crippen molar-refractivity contribution < 1.29 is 5.11 Å². The van der Waals surface area contributed by atoms with Crippen molar-refractivity contribution in [3.05, 3.63) is 0 Å². The fourth-order valence-corrected chi connectivity index (χ4v) is 2.62. The van der Waals surface area contributed by atoms with Crippen LogP contribution in [0.4, 0.5) is 0 Å². The lowest BCUT2D eigenvalue weighted by atomic mass is 10.2. The van der Waals surface area contributed by atoms with Crippen molar-refractivity contribution >= 4 is 28.3 Å². The quantitative estimate of drug-likeness (QED) is 0.559. The van der Waals surface area contributed by atoms with Crippen molar-refractivity contribution in [3.8, 4) is 0 Å². The third-order valence-electron chi connectivity index (χ3n) is 1.63. The summed E-state index contributed by atoms with van der Waals surface area (Å²) in [6.45, 7) is 3.97. The number of rotatable bonds is 0. The van der Waals surface area contributed by atoms with Gasteiger partial charge in [-0.3, -0.25) is 0 Å². The fraction of sp³-hybridized carbons (Fsp3) is 0.833. The Hall–Kier alpha value is 0.200. The average molecular weight is 177 g/mol. The molecule has 1 aliphatic heterocycles. The summed E-state index contributed by atoms with van der Waals surface area (Å²) in [5.41, 5.74) is 0. The van der Waals surface area contributed by atoms with Crippen LogP contribution in [0.15, 0.2) is 0 Å². The fourth-order valence-electron chi connectivity index (χ4n) is 0.916. The van der Waals surface area contributed by atoms with E-state index >= 15 is 0 Å². The molecule has 0 saturated carbocycles. The number of aliphatic hydroxyl groups is 1. The summed E-state index contributed by atoms with van der Waals surface area (Å²) >= 11 is 6.54. The highest BCUT2D eigenvalue weighted by Gasteiger charge is 2.41. The molecule has 10 heavy (non-hydrogen) atoms. The van der Waals surface area contributed by atoms with E-state index in [0.717, 1.165) is 4.32 Å². The molecule has 58 valence electrons. The Morgan fingerprint density at radius 2 is 2.20 bits per heavy atom. The molecule has 0 bridgehead atoms. The van der Waals surface area contributed by atoms with Gasteiger partial charge in [0.05, 0.1) is 4.75 Å². The maximum atomic E-state index is 9.51. The SMILES string of the molecule is CN1C(=S)SC(C)(C)C1O. The summed E-state index contributed by atoms with van der Waals surface area (Å²) in [5, 5.41) is 9.51. The molecule has 1 heterocycles. The van der Waals surface area contributed by atoms with Gasteiger partial charge in [0.2, 0.25) is 0 Å². The number of nitrogens with zero attached hydrogens (tertiary/aromatic N) is 1. The van der Waals surface area contributed by atoms with E-state index in [2.05, 4.69) is 0 Å². The molecule has 1 fully saturated rings. The molecule has 0 spiro atoms. The smallest absolute Gasteiger partial charge is 0.142 e. The molecule has 0 aromatic carbocycles. The standard InChI is InChI=1S/C6H11NOS2/c1-6(2)4(8)7(3)5(9)10-6/h4,8H,1-3H3. The first-order valence-corrected chi connectivity index (χ1v) is 4.31. The van der Waals surface area contributed by atoms with Gasteiger partial charge in [-0.05, 0) is 13.8 Å². The van der Waals surface area contributed by atoms with E-state index in [4.69, 9.17) is 12.2 Å². The second-order valence-electron chi connectivity index (χ2n) is 2.96. The van der Waals surface area contributed by atoms with Crippen LogP contribution in [-0.4, -0.2) is 32.3 Å². The van der Waals surface area contributed by atoms with Gasteiger partial charge in [0.1, 0.15) is 10.5 Å². The maximum Gasteiger partial charge on any atom is 0.142 e. The number of thiocarbonyl (C=S) groups is 1. The minimum Gasteiger partial charge on any atom is -0.372 e. The first-order valence-electron chi connectivity index (χ1n) is 3.09. The molecule has 1 aliphatic rings. The first-order chi connectivity index (χ1) is 4.45. The zero-order valence-electron chi connectivity index (χ0n) is 6.29. The van der Waals surface area contributed by atoms with Crippen LogP contribution in [0.25, 0.3) is 0 Å². The van der Waals surface area contributed by atoms with Crippen LogP contribution in [0.2, 0.25) is 0 Å². The Labute approximate surface area is 70.6 Å². The number of thioether (sulfide) groups is 1. The van der Waals surface area contributed by atoms with Crippen molar-refractivity contribution in [2.45, 2.75) is 24.8 Å². The average Bonchev–Trinajstić information content (AvgIpc) is 1.95. The predicted molar refractivity (Wildman–Crippen MR) is 48.0 cm³/mol. The van der Waals surface area contributed by atoms with Crippen molar-refractivity contribution in [1.82, 2.24) is 4.90 Å². The van der Waals surface area contributed by atoms with Crippen LogP contribution < -0.4 is 0 Å². The number of aliphatic hydroxyl groups excluding tert-OH is 1. The van der Waals surface area contributed by atoms with E-state index in [9.17, 15) is 5.11 Å². The lowest BCUT2D eigenvalue weighted by molar-refractivity contribution is 0.0533. The van der Waals surface area contributed by atoms with Gasteiger partial charge >= 0.3 is 0 Å². The Morgan fingerprint density at radius 3 is 2.30 bits per heavy atom. The summed E-state index contributed by atoms with van der Waals surface area (Å²) in [5.74, 6) is 0. The van der Waals surface area contributed by atoms with Gasteiger partial charge in [-0.2, -0.15) is 0 Å². The van der Waals surface area contributed by atoms with E-state index in [0.29, 0.717) is 0 Å². The second kappa shape index (κ2) is 2.36. The third-order valence-corrected chi connectivity index (χ3v) is 3.36. The Bertz CT molecular complexity index is 169. The molecule has 2 nitrogen and oxygen atoms in total. The molecule has 4 heteroatoms. The molecule has 1 rings (SSSR count). The van der Waals surface area contributed by atoms with Crippen LogP contribution in [-0.2, 0) is 0 Å². The lowest BCUT2D eigenvalue weighted by Gasteiger charge is -2.23. The van der Waals surface area contributed by atoms with Crippen molar-refractivity contribution in [1.29, 1.82) is 0 Å². The molecular weight excluding hydrogens is 166 g/mol. The Morgan fingerprint density at radius 1 is 1.70 bits per heavy atom. The van der Waals surface area contributed by atoms with Crippen LogP contribution in [0.5, 0.6) is 0 Å². The topological polar surface area (TPSA) is 23.5 Å². The van der Waals surface area contributed by atoms with Gasteiger partial charge in [-0.25, -0.2) is 0 Å². The van der Waals surface area contributed by atoms with Gasteiger partial charge in [0.15, 0.2) is 0 Å². The highest BCUT2D eigenvalue weighted by Crippen LogP contribution is 2.38. The van der Waals surface area contributed by atoms with Crippen molar-refractivity contribution in [2.24, 2.45) is 0 Å². The van der Waals surface area contributed by atoms with E-state index in [1.807, 2.05) is 20.9 Å². The van der Waals surface area contributed by atoms with E-state index in [1.165, 1.54) is 0 Å². The molecule has 0 aliphatic carbocycles. The molecule has 1 atom stereocenters. The van der Waals surface area contributed by atoms with Crippen LogP contribution in [0, 0.1) is 0 Å². The first kappa shape index (κ1) is 8.30. The third kappa shape index (κ3) is 1.15. The van der Waals surface area contributed by atoms with Gasteiger partial charge in [-0.15, -0.1) is 0 Å². The summed E-state index contributed by atoms with van der Waals surface area (Å²) in [7, 11) is 1.81. The number of hydrogen-bond donors (Lipinski definition) is 1. The molecule has 1 saturated heterocycles. The molecular formula is C6H11NOS2. The van der Waals surface area contributed by atoms with E-state index in [1.54, 1.807) is 16.7 Å². The largest absolute Gasteiger partial charge is 0.372 e. The van der Waals surface area contributed by atoms with Crippen molar-refractivity contribution in [2.75, 3.05) is 7.05 Å². The summed E-state index contributed by atoms with van der Waals surface area (Å²) in [6, 6.07) is 0. The minimum atomic E-state index is -0.440. The summed E-state index contributed by atoms with van der Waals surface area (Å²) in [4.78, 5) is 1.72. The predicted octanol–water partition coefficient (Wildman–Crippen LogP) is 1.05. The normalized spacial score (nSPS) is 31.4. The zero-order valence-corrected chi connectivity index (χ0v) is 7.92. The Kier molecular flexibility index (Phi) is 1.96. The highest BCUT2D eigenvalue weighted by molar-refractivity contribution is 8.24. The molecule has 0 amide bonds. The molecule has 0 aromatic heterocycles. The van der Waals surface area contributed by atoms with Crippen LogP contribution >= 0.6 is 24.0 Å².